The topological polar surface area (TPSA) is 29.3 Å². The molecule has 0 bridgehead atoms. The lowest BCUT2D eigenvalue weighted by Crippen LogP contribution is -2.38. The molecule has 0 radical (unpaired) electrons. The molecule has 0 fully saturated rings. The summed E-state index contributed by atoms with van der Waals surface area (Å²) in [5, 5.41) is 0. The van der Waals surface area contributed by atoms with Gasteiger partial charge in [-0.1, -0.05) is 26.0 Å². The lowest BCUT2D eigenvalue weighted by Gasteiger charge is -2.34. The highest BCUT2D eigenvalue weighted by atomic mass is 19.1. The number of hydrogen-bond acceptors (Lipinski definition) is 2. The second kappa shape index (κ2) is 6.72. The smallest absolute Gasteiger partial charge is 0.123 e. The molecule has 0 aliphatic heterocycles. The average molecular weight is 238 g/mol. The molecule has 0 aromatic heterocycles. The summed E-state index contributed by atoms with van der Waals surface area (Å²) in [6.45, 7) is 4.92. The number of nitrogens with zero attached hydrogens (tertiary/aromatic N) is 1. The Morgan fingerprint density at radius 1 is 1.18 bits per heavy atom. The molecule has 0 aliphatic rings. The normalized spacial score (nSPS) is 13.4. The van der Waals surface area contributed by atoms with Crippen molar-refractivity contribution >= 4 is 0 Å². The first-order valence-corrected chi connectivity index (χ1v) is 6.31. The van der Waals surface area contributed by atoms with E-state index in [1.165, 1.54) is 12.1 Å². The maximum Gasteiger partial charge on any atom is 0.123 e. The van der Waals surface area contributed by atoms with Crippen LogP contribution in [-0.2, 0) is 0 Å². The van der Waals surface area contributed by atoms with Crippen molar-refractivity contribution in [3.63, 3.8) is 0 Å². The zero-order valence-electron chi connectivity index (χ0n) is 11.0. The highest BCUT2D eigenvalue weighted by molar-refractivity contribution is 5.20. The number of halogens is 1. The summed E-state index contributed by atoms with van der Waals surface area (Å²) in [6.07, 6.45) is 2.20. The monoisotopic (exact) mass is 238 g/mol. The van der Waals surface area contributed by atoms with Crippen LogP contribution in [0.2, 0.25) is 0 Å². The Kier molecular flexibility index (Phi) is 5.59. The summed E-state index contributed by atoms with van der Waals surface area (Å²) >= 11 is 0. The van der Waals surface area contributed by atoms with Crippen molar-refractivity contribution in [2.75, 3.05) is 13.6 Å². The van der Waals surface area contributed by atoms with Crippen molar-refractivity contribution in [2.45, 2.75) is 38.8 Å². The van der Waals surface area contributed by atoms with Gasteiger partial charge in [0.2, 0.25) is 0 Å². The number of rotatable bonds is 6. The fourth-order valence-electron chi connectivity index (χ4n) is 2.34. The molecule has 17 heavy (non-hydrogen) atoms. The van der Waals surface area contributed by atoms with Gasteiger partial charge in [-0.2, -0.15) is 0 Å². The predicted molar refractivity (Wildman–Crippen MR) is 70.3 cm³/mol. The Hall–Kier alpha value is -0.930. The van der Waals surface area contributed by atoms with Crippen LogP contribution in [0.4, 0.5) is 4.39 Å². The molecule has 0 heterocycles. The number of hydrogen-bond donors (Lipinski definition) is 1. The van der Waals surface area contributed by atoms with Gasteiger partial charge in [-0.3, -0.25) is 4.90 Å². The second-order valence-electron chi connectivity index (χ2n) is 4.44. The Balaban J connectivity index is 2.86. The van der Waals surface area contributed by atoms with E-state index in [1.807, 2.05) is 12.1 Å². The molecule has 1 unspecified atom stereocenters. The largest absolute Gasteiger partial charge is 0.329 e. The third-order valence-corrected chi connectivity index (χ3v) is 3.49. The van der Waals surface area contributed by atoms with E-state index in [4.69, 9.17) is 5.73 Å². The first-order chi connectivity index (χ1) is 8.13. The van der Waals surface area contributed by atoms with Gasteiger partial charge in [0.05, 0.1) is 0 Å². The zero-order chi connectivity index (χ0) is 12.8. The molecule has 2 N–H and O–H groups in total. The Morgan fingerprint density at radius 3 is 2.12 bits per heavy atom. The van der Waals surface area contributed by atoms with Crippen LogP contribution in [0.3, 0.4) is 0 Å². The van der Waals surface area contributed by atoms with E-state index in [9.17, 15) is 4.39 Å². The fourth-order valence-corrected chi connectivity index (χ4v) is 2.34. The maximum atomic E-state index is 12.9. The van der Waals surface area contributed by atoms with Crippen LogP contribution in [0.5, 0.6) is 0 Å². The summed E-state index contributed by atoms with van der Waals surface area (Å²) in [5.74, 6) is -0.199. The van der Waals surface area contributed by atoms with Crippen LogP contribution in [0.25, 0.3) is 0 Å². The third-order valence-electron chi connectivity index (χ3n) is 3.49. The van der Waals surface area contributed by atoms with Gasteiger partial charge in [-0.15, -0.1) is 0 Å². The number of likely N-dealkylation sites (N-methyl/N-ethyl adjacent to an activating group) is 1. The fraction of sp³-hybridized carbons (Fsp3) is 0.571. The quantitative estimate of drug-likeness (QED) is 0.825. The van der Waals surface area contributed by atoms with Gasteiger partial charge >= 0.3 is 0 Å². The van der Waals surface area contributed by atoms with Gasteiger partial charge in [0.1, 0.15) is 5.82 Å². The molecule has 96 valence electrons. The molecule has 1 aromatic carbocycles. The first kappa shape index (κ1) is 14.1. The SMILES string of the molecule is CCC(CC)N(C)C(CN)c1ccc(F)cc1. The van der Waals surface area contributed by atoms with Crippen LogP contribution in [0, 0.1) is 5.82 Å². The summed E-state index contributed by atoms with van der Waals surface area (Å²) < 4.78 is 12.9. The van der Waals surface area contributed by atoms with Crippen molar-refractivity contribution in [1.82, 2.24) is 4.90 Å². The van der Waals surface area contributed by atoms with Gasteiger partial charge in [0.15, 0.2) is 0 Å². The Morgan fingerprint density at radius 2 is 1.71 bits per heavy atom. The van der Waals surface area contributed by atoms with Crippen molar-refractivity contribution in [2.24, 2.45) is 5.73 Å². The van der Waals surface area contributed by atoms with Crippen molar-refractivity contribution < 1.29 is 4.39 Å². The molecule has 0 aliphatic carbocycles. The molecule has 1 atom stereocenters. The van der Waals surface area contributed by atoms with E-state index in [0.29, 0.717) is 12.6 Å². The summed E-state index contributed by atoms with van der Waals surface area (Å²) in [6, 6.07) is 7.34. The molecular formula is C14H23FN2. The van der Waals surface area contributed by atoms with Crippen LogP contribution in [0.15, 0.2) is 24.3 Å². The lowest BCUT2D eigenvalue weighted by atomic mass is 10.0. The van der Waals surface area contributed by atoms with Gasteiger partial charge in [0, 0.05) is 18.6 Å². The van der Waals surface area contributed by atoms with E-state index in [2.05, 4.69) is 25.8 Å². The van der Waals surface area contributed by atoms with E-state index in [-0.39, 0.29) is 11.9 Å². The Bertz CT molecular complexity index is 319. The minimum absolute atomic E-state index is 0.167. The van der Waals surface area contributed by atoms with Crippen molar-refractivity contribution in [3.8, 4) is 0 Å². The summed E-state index contributed by atoms with van der Waals surface area (Å²) in [4.78, 5) is 2.30. The van der Waals surface area contributed by atoms with E-state index < -0.39 is 0 Å². The standard InChI is InChI=1S/C14H23FN2/c1-4-13(5-2)17(3)14(10-16)11-6-8-12(15)9-7-11/h6-9,13-14H,4-5,10,16H2,1-3H3. The summed E-state index contributed by atoms with van der Waals surface area (Å²) in [7, 11) is 2.10. The van der Waals surface area contributed by atoms with Crippen LogP contribution in [0.1, 0.15) is 38.3 Å². The van der Waals surface area contributed by atoms with Crippen molar-refractivity contribution in [3.05, 3.63) is 35.6 Å². The molecule has 0 saturated heterocycles. The van der Waals surface area contributed by atoms with E-state index in [0.717, 1.165) is 18.4 Å². The van der Waals surface area contributed by atoms with Crippen molar-refractivity contribution in [1.29, 1.82) is 0 Å². The van der Waals surface area contributed by atoms with Gasteiger partial charge < -0.3 is 5.73 Å². The Labute approximate surface area is 104 Å². The second-order valence-corrected chi connectivity index (χ2v) is 4.44. The molecule has 0 amide bonds. The van der Waals surface area contributed by atoms with Gasteiger partial charge in [-0.05, 0) is 37.6 Å². The van der Waals surface area contributed by atoms with Crippen LogP contribution in [-0.4, -0.2) is 24.5 Å². The average Bonchev–Trinajstić information content (AvgIpc) is 2.34. The highest BCUT2D eigenvalue weighted by Crippen LogP contribution is 2.23. The van der Waals surface area contributed by atoms with E-state index >= 15 is 0 Å². The van der Waals surface area contributed by atoms with E-state index in [1.54, 1.807) is 0 Å². The molecule has 1 aromatic rings. The lowest BCUT2D eigenvalue weighted by molar-refractivity contribution is 0.167. The number of nitrogens with two attached hydrogens (primary N) is 1. The third kappa shape index (κ3) is 3.51. The van der Waals surface area contributed by atoms with Crippen LogP contribution < -0.4 is 5.73 Å². The molecule has 0 spiro atoms. The molecule has 1 rings (SSSR count). The zero-order valence-corrected chi connectivity index (χ0v) is 11.0. The molecule has 2 nitrogen and oxygen atoms in total. The van der Waals surface area contributed by atoms with Gasteiger partial charge in [0.25, 0.3) is 0 Å². The minimum Gasteiger partial charge on any atom is -0.329 e. The predicted octanol–water partition coefficient (Wildman–Crippen LogP) is 2.95. The first-order valence-electron chi connectivity index (χ1n) is 6.31. The molecule has 0 saturated carbocycles. The number of benzene rings is 1. The van der Waals surface area contributed by atoms with Gasteiger partial charge in [-0.25, -0.2) is 4.39 Å². The van der Waals surface area contributed by atoms with Crippen LogP contribution >= 0.6 is 0 Å². The maximum absolute atomic E-state index is 12.9. The summed E-state index contributed by atoms with van der Waals surface area (Å²) in [5.41, 5.74) is 6.94. The highest BCUT2D eigenvalue weighted by Gasteiger charge is 2.20. The molecular weight excluding hydrogens is 215 g/mol. The molecule has 3 heteroatoms. The minimum atomic E-state index is -0.199.